The molecule has 0 spiro atoms. The Balaban J connectivity index is 1.72. The molecule has 7 heteroatoms. The monoisotopic (exact) mass is 474 g/mol. The third-order valence-corrected chi connectivity index (χ3v) is 6.80. The number of anilines is 2. The Bertz CT molecular complexity index is 1340. The van der Waals surface area contributed by atoms with Crippen LogP contribution < -0.4 is 14.5 Å². The summed E-state index contributed by atoms with van der Waals surface area (Å²) in [6, 6.07) is 18.9. The fraction of sp³-hybridized carbons (Fsp3) is 0.185. The van der Waals surface area contributed by atoms with Gasteiger partial charge in [-0.15, -0.1) is 0 Å². The number of amides is 1. The molecule has 172 valence electrons. The second-order valence-corrected chi connectivity index (χ2v) is 8.82. The van der Waals surface area contributed by atoms with Gasteiger partial charge in [0.05, 0.1) is 23.8 Å². The lowest BCUT2D eigenvalue weighted by molar-refractivity contribution is -0.132. The summed E-state index contributed by atoms with van der Waals surface area (Å²) in [6.07, 6.45) is 0. The number of aliphatic hydroxyl groups is 1. The van der Waals surface area contributed by atoms with Gasteiger partial charge in [0.15, 0.2) is 0 Å². The van der Waals surface area contributed by atoms with Gasteiger partial charge in [-0.3, -0.25) is 14.5 Å². The molecule has 0 saturated carbocycles. The molecular formula is C27H23ClN2O4. The number of carbonyl (C=O) groups is 2. The molecule has 2 aliphatic heterocycles. The summed E-state index contributed by atoms with van der Waals surface area (Å²) in [5, 5.41) is 11.9. The standard InChI is InChI=1S/C27H23ClN2O4/c1-16-19(28)9-6-10-20(16)30-24(17-7-4-3-5-8-17)23(26(32)27(30)33)25(31)18-11-12-22-21(15-18)29(2)13-14-34-22/h3-12,15,24,31H,13-14H2,1-2H3/b25-23-. The van der Waals surface area contributed by atoms with Crippen molar-refractivity contribution in [3.63, 3.8) is 0 Å². The SMILES string of the molecule is Cc1c(Cl)cccc1N1C(=O)C(=O)/C(=C(\O)c2ccc3c(c2)N(C)CCO3)C1c1ccccc1. The van der Waals surface area contributed by atoms with Gasteiger partial charge in [0, 0.05) is 23.3 Å². The lowest BCUT2D eigenvalue weighted by atomic mass is 9.94. The predicted molar refractivity (Wildman–Crippen MR) is 133 cm³/mol. The summed E-state index contributed by atoms with van der Waals surface area (Å²) >= 11 is 6.35. The molecular weight excluding hydrogens is 452 g/mol. The van der Waals surface area contributed by atoms with Crippen LogP contribution in [0, 0.1) is 6.92 Å². The number of carbonyl (C=O) groups excluding carboxylic acids is 2. The second kappa shape index (κ2) is 8.54. The predicted octanol–water partition coefficient (Wildman–Crippen LogP) is 5.10. The molecule has 5 rings (SSSR count). The Hall–Kier alpha value is -3.77. The molecule has 2 aliphatic rings. The van der Waals surface area contributed by atoms with Gasteiger partial charge < -0.3 is 14.7 Å². The van der Waals surface area contributed by atoms with Crippen LogP contribution >= 0.6 is 11.6 Å². The Labute approximate surface area is 202 Å². The van der Waals surface area contributed by atoms with Crippen LogP contribution in [0.15, 0.2) is 72.3 Å². The quantitative estimate of drug-likeness (QED) is 0.325. The van der Waals surface area contributed by atoms with Crippen LogP contribution in [0.2, 0.25) is 5.02 Å². The van der Waals surface area contributed by atoms with Gasteiger partial charge in [0.1, 0.15) is 18.1 Å². The van der Waals surface area contributed by atoms with Crippen molar-refractivity contribution in [2.75, 3.05) is 30.0 Å². The Morgan fingerprint density at radius 3 is 2.56 bits per heavy atom. The van der Waals surface area contributed by atoms with Crippen LogP contribution in [0.25, 0.3) is 5.76 Å². The van der Waals surface area contributed by atoms with E-state index in [2.05, 4.69) is 0 Å². The van der Waals surface area contributed by atoms with E-state index in [1.807, 2.05) is 42.3 Å². The normalized spacial score (nSPS) is 19.2. The van der Waals surface area contributed by atoms with Gasteiger partial charge in [-0.1, -0.05) is 48.0 Å². The van der Waals surface area contributed by atoms with E-state index in [1.54, 1.807) is 43.3 Å². The zero-order chi connectivity index (χ0) is 24.0. The second-order valence-electron chi connectivity index (χ2n) is 8.42. The van der Waals surface area contributed by atoms with Crippen LogP contribution in [0.3, 0.4) is 0 Å². The average molecular weight is 475 g/mol. The molecule has 6 nitrogen and oxygen atoms in total. The summed E-state index contributed by atoms with van der Waals surface area (Å²) < 4.78 is 5.70. The molecule has 1 atom stereocenters. The van der Waals surface area contributed by atoms with Crippen molar-refractivity contribution in [3.05, 3.63) is 94.0 Å². The number of hydrogen-bond donors (Lipinski definition) is 1. The number of likely N-dealkylation sites (N-methyl/N-ethyl adjacent to an activating group) is 1. The van der Waals surface area contributed by atoms with Crippen LogP contribution in [-0.4, -0.2) is 37.0 Å². The topological polar surface area (TPSA) is 70.1 Å². The highest BCUT2D eigenvalue weighted by Gasteiger charge is 2.47. The van der Waals surface area contributed by atoms with Crippen molar-refractivity contribution in [2.24, 2.45) is 0 Å². The zero-order valence-corrected chi connectivity index (χ0v) is 19.5. The first-order valence-corrected chi connectivity index (χ1v) is 11.4. The molecule has 1 unspecified atom stereocenters. The highest BCUT2D eigenvalue weighted by molar-refractivity contribution is 6.52. The van der Waals surface area contributed by atoms with E-state index in [0.29, 0.717) is 46.3 Å². The minimum atomic E-state index is -0.802. The third-order valence-electron chi connectivity index (χ3n) is 6.39. The minimum absolute atomic E-state index is 0.0370. The van der Waals surface area contributed by atoms with E-state index in [-0.39, 0.29) is 11.3 Å². The van der Waals surface area contributed by atoms with Crippen molar-refractivity contribution in [1.29, 1.82) is 0 Å². The number of ether oxygens (including phenoxy) is 1. The number of ketones is 1. The fourth-order valence-corrected chi connectivity index (χ4v) is 4.71. The highest BCUT2D eigenvalue weighted by atomic mass is 35.5. The summed E-state index contributed by atoms with van der Waals surface area (Å²) in [7, 11) is 1.94. The molecule has 0 aliphatic carbocycles. The maximum absolute atomic E-state index is 13.4. The van der Waals surface area contributed by atoms with Gasteiger partial charge in [-0.25, -0.2) is 0 Å². The number of halogens is 1. The van der Waals surface area contributed by atoms with Crippen molar-refractivity contribution >= 4 is 40.4 Å². The number of hydrogen-bond acceptors (Lipinski definition) is 5. The first-order valence-electron chi connectivity index (χ1n) is 11.0. The van der Waals surface area contributed by atoms with Crippen molar-refractivity contribution < 1.29 is 19.4 Å². The molecule has 3 aromatic rings. The summed E-state index contributed by atoms with van der Waals surface area (Å²) in [5.41, 5.74) is 3.21. The van der Waals surface area contributed by atoms with Crippen LogP contribution in [0.1, 0.15) is 22.7 Å². The highest BCUT2D eigenvalue weighted by Crippen LogP contribution is 2.44. The van der Waals surface area contributed by atoms with Gasteiger partial charge in [0.25, 0.3) is 11.7 Å². The van der Waals surface area contributed by atoms with Gasteiger partial charge in [-0.2, -0.15) is 0 Å². The first kappa shape index (κ1) is 22.0. The maximum Gasteiger partial charge on any atom is 0.300 e. The molecule has 1 amide bonds. The average Bonchev–Trinajstić information content (AvgIpc) is 3.11. The minimum Gasteiger partial charge on any atom is -0.507 e. The van der Waals surface area contributed by atoms with E-state index in [4.69, 9.17) is 16.3 Å². The molecule has 1 N–H and O–H groups in total. The number of benzene rings is 3. The Morgan fingerprint density at radius 1 is 1.03 bits per heavy atom. The number of fused-ring (bicyclic) bond motifs is 1. The number of nitrogens with zero attached hydrogens (tertiary/aromatic N) is 2. The summed E-state index contributed by atoms with van der Waals surface area (Å²) in [4.78, 5) is 30.2. The Kier molecular flexibility index (Phi) is 5.54. The van der Waals surface area contributed by atoms with Crippen molar-refractivity contribution in [1.82, 2.24) is 0 Å². The van der Waals surface area contributed by atoms with Gasteiger partial charge in [-0.05, 0) is 48.4 Å². The Morgan fingerprint density at radius 2 is 1.79 bits per heavy atom. The van der Waals surface area contributed by atoms with Crippen LogP contribution in [-0.2, 0) is 9.59 Å². The maximum atomic E-state index is 13.4. The molecule has 1 saturated heterocycles. The molecule has 3 aromatic carbocycles. The summed E-state index contributed by atoms with van der Waals surface area (Å²) in [6.45, 7) is 3.09. The lowest BCUT2D eigenvalue weighted by Gasteiger charge is -2.28. The van der Waals surface area contributed by atoms with Crippen molar-refractivity contribution in [3.8, 4) is 5.75 Å². The molecule has 0 bridgehead atoms. The first-order chi connectivity index (χ1) is 16.4. The zero-order valence-electron chi connectivity index (χ0n) is 18.8. The third kappa shape index (κ3) is 3.51. The van der Waals surface area contributed by atoms with Crippen molar-refractivity contribution in [2.45, 2.75) is 13.0 Å². The molecule has 0 aromatic heterocycles. The van der Waals surface area contributed by atoms with Gasteiger partial charge >= 0.3 is 0 Å². The van der Waals surface area contributed by atoms with E-state index in [9.17, 15) is 14.7 Å². The van der Waals surface area contributed by atoms with E-state index < -0.39 is 17.7 Å². The number of rotatable bonds is 3. The van der Waals surface area contributed by atoms with Gasteiger partial charge in [0.2, 0.25) is 0 Å². The lowest BCUT2D eigenvalue weighted by Crippen LogP contribution is -2.30. The smallest absolute Gasteiger partial charge is 0.300 e. The molecule has 34 heavy (non-hydrogen) atoms. The number of Topliss-reactive ketones (excluding diaryl/α,β-unsaturated/α-hetero) is 1. The molecule has 0 radical (unpaired) electrons. The van der Waals surface area contributed by atoms with E-state index in [1.165, 1.54) is 4.90 Å². The van der Waals surface area contributed by atoms with E-state index >= 15 is 0 Å². The molecule has 1 fully saturated rings. The van der Waals surface area contributed by atoms with E-state index in [0.717, 1.165) is 5.69 Å². The molecule has 2 heterocycles. The largest absolute Gasteiger partial charge is 0.507 e. The van der Waals surface area contributed by atoms with Crippen LogP contribution in [0.4, 0.5) is 11.4 Å². The number of aliphatic hydroxyl groups excluding tert-OH is 1. The van der Waals surface area contributed by atoms with Crippen LogP contribution in [0.5, 0.6) is 5.75 Å². The summed E-state index contributed by atoms with van der Waals surface area (Å²) in [5.74, 6) is -0.969. The fourth-order valence-electron chi connectivity index (χ4n) is 4.54.